The molecule has 0 aromatic rings. The average Bonchev–Trinajstić information content (AvgIpc) is 2.77. The third kappa shape index (κ3) is 4.99. The molecule has 0 bridgehead atoms. The van der Waals surface area contributed by atoms with E-state index < -0.39 is 12.7 Å². The van der Waals surface area contributed by atoms with Crippen LogP contribution in [0, 0.1) is 11.8 Å². The van der Waals surface area contributed by atoms with Crippen LogP contribution in [0.25, 0.3) is 0 Å². The van der Waals surface area contributed by atoms with Gasteiger partial charge < -0.3 is 10.6 Å². The van der Waals surface area contributed by atoms with E-state index in [1.807, 2.05) is 11.8 Å². The summed E-state index contributed by atoms with van der Waals surface area (Å²) in [7, 11) is 0. The largest absolute Gasteiger partial charge is 0.401 e. The lowest BCUT2D eigenvalue weighted by Gasteiger charge is -2.35. The lowest BCUT2D eigenvalue weighted by atomic mass is 9.96. The molecule has 8 heteroatoms. The Hall–Kier alpha value is -0.530. The number of piperidine rings is 1. The molecule has 0 aromatic carbocycles. The number of rotatable bonds is 3. The van der Waals surface area contributed by atoms with Crippen molar-refractivity contribution < 1.29 is 18.0 Å². The highest BCUT2D eigenvalue weighted by Gasteiger charge is 2.38. The van der Waals surface area contributed by atoms with Crippen LogP contribution < -0.4 is 5.73 Å². The number of hydrogen-bond acceptors (Lipinski definition) is 3. The van der Waals surface area contributed by atoms with Gasteiger partial charge in [0.15, 0.2) is 0 Å². The third-order valence-electron chi connectivity index (χ3n) is 4.54. The van der Waals surface area contributed by atoms with Crippen LogP contribution in [-0.2, 0) is 4.79 Å². The molecule has 2 fully saturated rings. The predicted octanol–water partition coefficient (Wildman–Crippen LogP) is 1.88. The van der Waals surface area contributed by atoms with Gasteiger partial charge in [-0.25, -0.2) is 0 Å². The molecule has 0 aliphatic carbocycles. The van der Waals surface area contributed by atoms with Crippen LogP contribution in [0.4, 0.5) is 13.2 Å². The molecule has 2 aliphatic rings. The second-order valence-corrected chi connectivity index (χ2v) is 6.37. The van der Waals surface area contributed by atoms with Crippen molar-refractivity contribution in [2.24, 2.45) is 17.6 Å². The van der Waals surface area contributed by atoms with Crippen molar-refractivity contribution in [3.05, 3.63) is 0 Å². The normalized spacial score (nSPS) is 30.2. The van der Waals surface area contributed by atoms with E-state index in [0.29, 0.717) is 38.4 Å². The molecular weight excluding hydrogens is 319 g/mol. The number of alkyl halides is 3. The number of halogens is 4. The van der Waals surface area contributed by atoms with Gasteiger partial charge in [-0.3, -0.25) is 9.69 Å². The fraction of sp³-hybridized carbons (Fsp3) is 0.929. The summed E-state index contributed by atoms with van der Waals surface area (Å²) in [5.41, 5.74) is 5.66. The maximum atomic E-state index is 12.6. The average molecular weight is 344 g/mol. The van der Waals surface area contributed by atoms with Crippen molar-refractivity contribution in [3.8, 4) is 0 Å². The van der Waals surface area contributed by atoms with E-state index in [9.17, 15) is 18.0 Å². The Morgan fingerprint density at radius 3 is 2.55 bits per heavy atom. The monoisotopic (exact) mass is 343 g/mol. The summed E-state index contributed by atoms with van der Waals surface area (Å²) < 4.78 is 37.4. The van der Waals surface area contributed by atoms with Crippen LogP contribution in [0.2, 0.25) is 0 Å². The van der Waals surface area contributed by atoms with Gasteiger partial charge in [0.1, 0.15) is 0 Å². The molecular formula is C14H25ClF3N3O. The van der Waals surface area contributed by atoms with Gasteiger partial charge in [-0.2, -0.15) is 13.2 Å². The maximum absolute atomic E-state index is 12.6. The van der Waals surface area contributed by atoms with Gasteiger partial charge in [0, 0.05) is 19.1 Å². The Labute approximate surface area is 135 Å². The van der Waals surface area contributed by atoms with Crippen LogP contribution in [0.1, 0.15) is 26.2 Å². The summed E-state index contributed by atoms with van der Waals surface area (Å²) in [5, 5.41) is 0. The fourth-order valence-electron chi connectivity index (χ4n) is 3.51. The molecule has 2 aliphatic heterocycles. The van der Waals surface area contributed by atoms with E-state index in [0.717, 1.165) is 6.42 Å². The Bertz CT molecular complexity index is 381. The highest BCUT2D eigenvalue weighted by atomic mass is 35.5. The Balaban J connectivity index is 0.00000242. The zero-order valence-electron chi connectivity index (χ0n) is 12.8. The number of nitrogens with two attached hydrogens (primary N) is 1. The molecule has 2 heterocycles. The summed E-state index contributed by atoms with van der Waals surface area (Å²) >= 11 is 0. The molecule has 0 saturated carbocycles. The van der Waals surface area contributed by atoms with Crippen LogP contribution >= 0.6 is 12.4 Å². The van der Waals surface area contributed by atoms with Crippen LogP contribution in [0.3, 0.4) is 0 Å². The van der Waals surface area contributed by atoms with Crippen molar-refractivity contribution in [1.29, 1.82) is 0 Å². The first kappa shape index (κ1) is 19.5. The van der Waals surface area contributed by atoms with E-state index in [1.54, 1.807) is 0 Å². The van der Waals surface area contributed by atoms with E-state index in [2.05, 4.69) is 0 Å². The smallest absolute Gasteiger partial charge is 0.339 e. The summed E-state index contributed by atoms with van der Waals surface area (Å²) in [6.45, 7) is 2.91. The molecule has 4 nitrogen and oxygen atoms in total. The van der Waals surface area contributed by atoms with E-state index >= 15 is 0 Å². The predicted molar refractivity (Wildman–Crippen MR) is 80.8 cm³/mol. The van der Waals surface area contributed by atoms with E-state index in [1.165, 1.54) is 4.90 Å². The lowest BCUT2D eigenvalue weighted by molar-refractivity contribution is -0.154. The van der Waals surface area contributed by atoms with Gasteiger partial charge in [0.05, 0.1) is 12.5 Å². The quantitative estimate of drug-likeness (QED) is 0.851. The highest BCUT2D eigenvalue weighted by Crippen LogP contribution is 2.28. The standard InChI is InChI=1S/C14H24F3N3O.ClH/c1-10-5-11(6-18)7-20(10)13(21)12-3-2-4-19(8-12)9-14(15,16)17;/h10-12H,2-9,18H2,1H3;1H. The summed E-state index contributed by atoms with van der Waals surface area (Å²) in [5.74, 6) is 0.0178. The highest BCUT2D eigenvalue weighted by molar-refractivity contribution is 5.85. The minimum Gasteiger partial charge on any atom is -0.339 e. The molecule has 0 radical (unpaired) electrons. The number of carbonyl (C=O) groups is 1. The Morgan fingerprint density at radius 1 is 1.32 bits per heavy atom. The number of amides is 1. The van der Waals surface area contributed by atoms with Crippen LogP contribution in [0.5, 0.6) is 0 Å². The molecule has 0 spiro atoms. The molecule has 2 rings (SSSR count). The number of nitrogens with zero attached hydrogens (tertiary/aromatic N) is 2. The molecule has 1 amide bonds. The Kier molecular flexibility index (Phi) is 6.95. The lowest BCUT2D eigenvalue weighted by Crippen LogP contribution is -2.48. The van der Waals surface area contributed by atoms with Gasteiger partial charge in [-0.15, -0.1) is 12.4 Å². The first-order chi connectivity index (χ1) is 9.80. The molecule has 22 heavy (non-hydrogen) atoms. The minimum absolute atomic E-state index is 0. The van der Waals surface area contributed by atoms with Gasteiger partial charge in [-0.05, 0) is 45.2 Å². The molecule has 130 valence electrons. The summed E-state index contributed by atoms with van der Waals surface area (Å²) in [6.07, 6.45) is -1.98. The number of likely N-dealkylation sites (tertiary alicyclic amines) is 2. The van der Waals surface area contributed by atoms with Crippen molar-refractivity contribution in [2.75, 3.05) is 32.7 Å². The molecule has 3 atom stereocenters. The summed E-state index contributed by atoms with van der Waals surface area (Å²) in [4.78, 5) is 15.7. The first-order valence-electron chi connectivity index (χ1n) is 7.60. The second kappa shape index (κ2) is 7.84. The number of hydrogen-bond donors (Lipinski definition) is 1. The summed E-state index contributed by atoms with van der Waals surface area (Å²) in [6, 6.07) is 0.143. The zero-order chi connectivity index (χ0) is 15.6. The van der Waals surface area contributed by atoms with Crippen molar-refractivity contribution in [1.82, 2.24) is 9.80 Å². The van der Waals surface area contributed by atoms with Gasteiger partial charge in [0.2, 0.25) is 5.91 Å². The molecule has 2 N–H and O–H groups in total. The van der Waals surface area contributed by atoms with Crippen molar-refractivity contribution >= 4 is 18.3 Å². The Morgan fingerprint density at radius 2 is 2.00 bits per heavy atom. The second-order valence-electron chi connectivity index (χ2n) is 6.37. The SMILES string of the molecule is CC1CC(CN)CN1C(=O)C1CCCN(CC(F)(F)F)C1.Cl. The molecule has 2 saturated heterocycles. The first-order valence-corrected chi connectivity index (χ1v) is 7.60. The van der Waals surface area contributed by atoms with Crippen molar-refractivity contribution in [2.45, 2.75) is 38.4 Å². The minimum atomic E-state index is -4.20. The van der Waals surface area contributed by atoms with Gasteiger partial charge in [-0.1, -0.05) is 0 Å². The van der Waals surface area contributed by atoms with E-state index in [-0.39, 0.29) is 36.8 Å². The van der Waals surface area contributed by atoms with E-state index in [4.69, 9.17) is 5.73 Å². The van der Waals surface area contributed by atoms with Crippen LogP contribution in [0.15, 0.2) is 0 Å². The maximum Gasteiger partial charge on any atom is 0.401 e. The zero-order valence-corrected chi connectivity index (χ0v) is 13.6. The topological polar surface area (TPSA) is 49.6 Å². The molecule has 3 unspecified atom stereocenters. The fourth-order valence-corrected chi connectivity index (χ4v) is 3.51. The van der Waals surface area contributed by atoms with Gasteiger partial charge >= 0.3 is 6.18 Å². The van der Waals surface area contributed by atoms with Crippen LogP contribution in [-0.4, -0.2) is 60.6 Å². The van der Waals surface area contributed by atoms with Gasteiger partial charge in [0.25, 0.3) is 0 Å². The third-order valence-corrected chi connectivity index (χ3v) is 4.54. The molecule has 0 aromatic heterocycles. The number of carbonyl (C=O) groups excluding carboxylic acids is 1. The van der Waals surface area contributed by atoms with Crippen molar-refractivity contribution in [3.63, 3.8) is 0 Å².